The number of ketones is 1. The molecule has 0 aliphatic rings. The van der Waals surface area contributed by atoms with E-state index >= 15 is 0 Å². The summed E-state index contributed by atoms with van der Waals surface area (Å²) in [6, 6.07) is 1.60. The normalized spacial score (nSPS) is 12.2. The van der Waals surface area contributed by atoms with E-state index in [0.717, 1.165) is 0 Å². The van der Waals surface area contributed by atoms with E-state index in [1.54, 1.807) is 7.11 Å². The van der Waals surface area contributed by atoms with Crippen LogP contribution in [0.5, 0.6) is 0 Å². The third-order valence-corrected chi connectivity index (χ3v) is 2.94. The SMILES string of the molecule is COCCN(CCC#N)CC(=O)NC(C(C)=O)C(C)C. The van der Waals surface area contributed by atoms with Crippen LogP contribution in [0.1, 0.15) is 27.2 Å². The molecule has 114 valence electrons. The number of carbonyl (C=O) groups excluding carboxylic acids is 2. The molecule has 1 amide bonds. The molecule has 0 saturated carbocycles. The quantitative estimate of drug-likeness (QED) is 0.634. The minimum absolute atomic E-state index is 0.0474. The standard InChI is InChI=1S/C14H25N3O3/c1-11(2)14(12(3)18)16-13(19)10-17(7-5-6-15)8-9-20-4/h11,14H,5,7-10H2,1-4H3,(H,16,19). The van der Waals surface area contributed by atoms with E-state index in [1.807, 2.05) is 18.7 Å². The number of ether oxygens (including phenoxy) is 1. The minimum atomic E-state index is -0.456. The number of rotatable bonds is 10. The summed E-state index contributed by atoms with van der Waals surface area (Å²) in [6.07, 6.45) is 0.358. The zero-order valence-electron chi connectivity index (χ0n) is 12.8. The molecule has 0 saturated heterocycles. The Labute approximate surface area is 121 Å². The van der Waals surface area contributed by atoms with Gasteiger partial charge in [0.25, 0.3) is 0 Å². The van der Waals surface area contributed by atoms with Crippen molar-refractivity contribution >= 4 is 11.7 Å². The zero-order valence-corrected chi connectivity index (χ0v) is 12.8. The number of hydrogen-bond donors (Lipinski definition) is 1. The van der Waals surface area contributed by atoms with E-state index in [2.05, 4.69) is 11.4 Å². The first kappa shape index (κ1) is 18.6. The summed E-state index contributed by atoms with van der Waals surface area (Å²) in [4.78, 5) is 25.3. The molecular formula is C14H25N3O3. The maximum atomic E-state index is 12.0. The average molecular weight is 283 g/mol. The van der Waals surface area contributed by atoms with Crippen LogP contribution in [0.2, 0.25) is 0 Å². The first-order valence-corrected chi connectivity index (χ1v) is 6.80. The molecule has 0 fully saturated rings. The van der Waals surface area contributed by atoms with Gasteiger partial charge in [0.15, 0.2) is 5.78 Å². The van der Waals surface area contributed by atoms with Crippen LogP contribution in [-0.2, 0) is 14.3 Å². The lowest BCUT2D eigenvalue weighted by molar-refractivity contribution is -0.128. The van der Waals surface area contributed by atoms with Crippen LogP contribution in [-0.4, -0.2) is 56.0 Å². The van der Waals surface area contributed by atoms with Crippen LogP contribution < -0.4 is 5.32 Å². The Hall–Kier alpha value is -1.45. The van der Waals surface area contributed by atoms with Crippen molar-refractivity contribution in [3.8, 4) is 6.07 Å². The second kappa shape index (κ2) is 10.4. The lowest BCUT2D eigenvalue weighted by Crippen LogP contribution is -2.48. The fraction of sp³-hybridized carbons (Fsp3) is 0.786. The van der Waals surface area contributed by atoms with Gasteiger partial charge in [-0.1, -0.05) is 13.8 Å². The van der Waals surface area contributed by atoms with Gasteiger partial charge in [-0.2, -0.15) is 5.26 Å². The molecule has 0 aromatic carbocycles. The smallest absolute Gasteiger partial charge is 0.234 e. The van der Waals surface area contributed by atoms with Crippen molar-refractivity contribution in [1.29, 1.82) is 5.26 Å². The molecule has 0 radical (unpaired) electrons. The number of nitrogens with zero attached hydrogens (tertiary/aromatic N) is 2. The first-order valence-electron chi connectivity index (χ1n) is 6.80. The third kappa shape index (κ3) is 7.87. The monoisotopic (exact) mass is 283 g/mol. The van der Waals surface area contributed by atoms with Crippen LogP contribution in [0, 0.1) is 17.2 Å². The molecule has 6 heteroatoms. The number of Topliss-reactive ketones (excluding diaryl/α,β-unsaturated/α-hetero) is 1. The predicted octanol–water partition coefficient (Wildman–Crippen LogP) is 0.578. The summed E-state index contributed by atoms with van der Waals surface area (Å²) in [6.45, 7) is 7.02. The van der Waals surface area contributed by atoms with E-state index in [-0.39, 0.29) is 24.2 Å². The number of amides is 1. The van der Waals surface area contributed by atoms with Gasteiger partial charge in [-0.25, -0.2) is 0 Å². The number of methoxy groups -OCH3 is 1. The highest BCUT2D eigenvalue weighted by Gasteiger charge is 2.21. The van der Waals surface area contributed by atoms with E-state index in [0.29, 0.717) is 26.1 Å². The highest BCUT2D eigenvalue weighted by Crippen LogP contribution is 2.03. The summed E-state index contributed by atoms with van der Waals surface area (Å²) < 4.78 is 4.98. The summed E-state index contributed by atoms with van der Waals surface area (Å²) in [5, 5.41) is 11.4. The summed E-state index contributed by atoms with van der Waals surface area (Å²) in [7, 11) is 1.59. The van der Waals surface area contributed by atoms with Gasteiger partial charge in [0, 0.05) is 26.6 Å². The fourth-order valence-electron chi connectivity index (χ4n) is 1.86. The van der Waals surface area contributed by atoms with Crippen molar-refractivity contribution in [3.05, 3.63) is 0 Å². The molecule has 0 bridgehead atoms. The molecule has 0 aliphatic heterocycles. The minimum Gasteiger partial charge on any atom is -0.383 e. The molecule has 1 atom stereocenters. The molecule has 0 heterocycles. The Balaban J connectivity index is 4.42. The van der Waals surface area contributed by atoms with E-state index in [1.165, 1.54) is 6.92 Å². The lowest BCUT2D eigenvalue weighted by Gasteiger charge is -2.23. The molecule has 0 aromatic heterocycles. The molecule has 1 N–H and O–H groups in total. The first-order chi connectivity index (χ1) is 9.42. The van der Waals surface area contributed by atoms with Gasteiger partial charge in [0.2, 0.25) is 5.91 Å². The maximum Gasteiger partial charge on any atom is 0.234 e. The number of carbonyl (C=O) groups is 2. The molecule has 0 rings (SSSR count). The third-order valence-electron chi connectivity index (χ3n) is 2.94. The molecule has 1 unspecified atom stereocenters. The Kier molecular flexibility index (Phi) is 9.60. The molecule has 6 nitrogen and oxygen atoms in total. The van der Waals surface area contributed by atoms with Gasteiger partial charge in [0.1, 0.15) is 0 Å². The van der Waals surface area contributed by atoms with E-state index < -0.39 is 6.04 Å². The Morgan fingerprint density at radius 1 is 1.35 bits per heavy atom. The largest absolute Gasteiger partial charge is 0.383 e. The molecular weight excluding hydrogens is 258 g/mol. The molecule has 0 aliphatic carbocycles. The summed E-state index contributed by atoms with van der Waals surface area (Å²) >= 11 is 0. The van der Waals surface area contributed by atoms with Crippen molar-refractivity contribution in [3.63, 3.8) is 0 Å². The van der Waals surface area contributed by atoms with Crippen LogP contribution >= 0.6 is 0 Å². The number of nitrogens with one attached hydrogen (secondary N) is 1. The number of nitriles is 1. The highest BCUT2D eigenvalue weighted by molar-refractivity contribution is 5.88. The van der Waals surface area contributed by atoms with Gasteiger partial charge >= 0.3 is 0 Å². The van der Waals surface area contributed by atoms with E-state index in [4.69, 9.17) is 10.00 Å². The van der Waals surface area contributed by atoms with Crippen molar-refractivity contribution in [2.75, 3.05) is 33.4 Å². The van der Waals surface area contributed by atoms with Crippen LogP contribution in [0.25, 0.3) is 0 Å². The van der Waals surface area contributed by atoms with Gasteiger partial charge in [-0.05, 0) is 12.8 Å². The second-order valence-electron chi connectivity index (χ2n) is 5.08. The van der Waals surface area contributed by atoms with Crippen LogP contribution in [0.3, 0.4) is 0 Å². The van der Waals surface area contributed by atoms with Crippen LogP contribution in [0.4, 0.5) is 0 Å². The number of hydrogen-bond acceptors (Lipinski definition) is 5. The van der Waals surface area contributed by atoms with Crippen molar-refractivity contribution in [1.82, 2.24) is 10.2 Å². The Bertz CT molecular complexity index is 350. The maximum absolute atomic E-state index is 12.0. The van der Waals surface area contributed by atoms with Gasteiger partial charge < -0.3 is 10.1 Å². The highest BCUT2D eigenvalue weighted by atomic mass is 16.5. The van der Waals surface area contributed by atoms with Gasteiger partial charge in [0.05, 0.1) is 25.3 Å². The topological polar surface area (TPSA) is 82.4 Å². The average Bonchev–Trinajstić information content (AvgIpc) is 2.38. The summed E-state index contributed by atoms with van der Waals surface area (Å²) in [5.74, 6) is -0.190. The Morgan fingerprint density at radius 2 is 2.00 bits per heavy atom. The summed E-state index contributed by atoms with van der Waals surface area (Å²) in [5.41, 5.74) is 0. The molecule has 0 aromatic rings. The lowest BCUT2D eigenvalue weighted by atomic mass is 10.0. The van der Waals surface area contributed by atoms with Gasteiger partial charge in [-0.15, -0.1) is 0 Å². The van der Waals surface area contributed by atoms with Crippen molar-refractivity contribution in [2.24, 2.45) is 5.92 Å². The van der Waals surface area contributed by atoms with Gasteiger partial charge in [-0.3, -0.25) is 14.5 Å². The second-order valence-corrected chi connectivity index (χ2v) is 5.08. The molecule has 0 spiro atoms. The predicted molar refractivity (Wildman–Crippen MR) is 76.0 cm³/mol. The fourth-order valence-corrected chi connectivity index (χ4v) is 1.86. The Morgan fingerprint density at radius 3 is 2.45 bits per heavy atom. The van der Waals surface area contributed by atoms with Crippen molar-refractivity contribution in [2.45, 2.75) is 33.2 Å². The molecule has 20 heavy (non-hydrogen) atoms. The van der Waals surface area contributed by atoms with Crippen molar-refractivity contribution < 1.29 is 14.3 Å². The van der Waals surface area contributed by atoms with E-state index in [9.17, 15) is 9.59 Å². The zero-order chi connectivity index (χ0) is 15.5. The van der Waals surface area contributed by atoms with Crippen LogP contribution in [0.15, 0.2) is 0 Å².